The molecule has 8 aromatic rings. The summed E-state index contributed by atoms with van der Waals surface area (Å²) in [5.74, 6) is 0.392. The van der Waals surface area contributed by atoms with Crippen molar-refractivity contribution in [2.45, 2.75) is 46.2 Å². The summed E-state index contributed by atoms with van der Waals surface area (Å²) in [6.07, 6.45) is 17.5. The summed E-state index contributed by atoms with van der Waals surface area (Å²) in [5.41, 5.74) is 3.62. The lowest BCUT2D eigenvalue weighted by Crippen LogP contribution is -2.27. The van der Waals surface area contributed by atoms with E-state index in [1.165, 1.54) is 21.6 Å². The Morgan fingerprint density at radius 2 is 0.937 bits per heavy atom. The number of allylic oxidation sites excluding steroid dienone is 8. The van der Waals surface area contributed by atoms with Gasteiger partial charge in [-0.05, 0) is 125 Å². The van der Waals surface area contributed by atoms with Crippen LogP contribution < -0.4 is 37.1 Å². The van der Waals surface area contributed by atoms with Gasteiger partial charge in [0.25, 0.3) is 0 Å². The smallest absolute Gasteiger partial charge is 0.171 e. The van der Waals surface area contributed by atoms with Crippen LogP contribution in [0.4, 0.5) is 0 Å². The van der Waals surface area contributed by atoms with Crippen LogP contribution in [-0.4, -0.2) is 5.66 Å². The van der Waals surface area contributed by atoms with E-state index in [9.17, 15) is 0 Å². The Hall–Kier alpha value is -5.61. The molecule has 0 fully saturated rings. The lowest BCUT2D eigenvalue weighted by Gasteiger charge is -2.27. The van der Waals surface area contributed by atoms with Gasteiger partial charge in [-0.25, -0.2) is 0 Å². The van der Waals surface area contributed by atoms with Crippen molar-refractivity contribution in [1.29, 1.82) is 0 Å². The Labute approximate surface area is 373 Å². The molecule has 0 saturated heterocycles. The van der Waals surface area contributed by atoms with Crippen molar-refractivity contribution in [1.82, 2.24) is 0 Å². The number of hydrogen-bond donors (Lipinski definition) is 0. The Morgan fingerprint density at radius 1 is 0.492 bits per heavy atom. The van der Waals surface area contributed by atoms with Gasteiger partial charge in [0.05, 0.1) is 13.2 Å². The molecule has 0 N–H and O–H groups in total. The van der Waals surface area contributed by atoms with Crippen molar-refractivity contribution in [3.05, 3.63) is 222 Å². The molecule has 2 nitrogen and oxygen atoms in total. The van der Waals surface area contributed by atoms with E-state index in [-0.39, 0.29) is 0 Å². The van der Waals surface area contributed by atoms with Crippen LogP contribution in [0.2, 0.25) is 0 Å². The minimum atomic E-state index is -3.33. The summed E-state index contributed by atoms with van der Waals surface area (Å²) in [6, 6.07) is 55.2. The molecule has 0 heterocycles. The molecule has 0 radical (unpaired) electrons. The van der Waals surface area contributed by atoms with E-state index in [0.29, 0.717) is 11.6 Å². The fourth-order valence-electron chi connectivity index (χ4n) is 10.2. The monoisotopic (exact) mass is 873 g/mol. The standard InChI is InChI=1S/C58H51O2P3/c1-40-22-20-21-33-55(40)61(44-23-10-5-11-24-44)56-37-52-49(34-41(56)2)53-38-57(62(59,45-25-12-6-13-26-45)46-27-14-7-15-28-46)43(4)36-51(53)54-39-58(42(3)35-50(52)54)63(60,47-29-16-8-17-30-47)48-31-18-9-19-32-48/h5-8,10-18,20-40,55H,9,19H2,1-4H3/p+1. The zero-order valence-corrected chi connectivity index (χ0v) is 39.1. The van der Waals surface area contributed by atoms with Crippen molar-refractivity contribution < 1.29 is 9.13 Å². The molecule has 0 amide bonds. The number of hydrogen-bond acceptors (Lipinski definition) is 2. The molecule has 5 heteroatoms. The largest absolute Gasteiger partial charge is 0.309 e. The van der Waals surface area contributed by atoms with Crippen LogP contribution >= 0.6 is 22.2 Å². The van der Waals surface area contributed by atoms with Crippen LogP contribution in [-0.2, 0) is 9.13 Å². The predicted octanol–water partition coefficient (Wildman–Crippen LogP) is 12.6. The first-order chi connectivity index (χ1) is 30.7. The normalized spacial score (nSPS) is 17.8. The zero-order chi connectivity index (χ0) is 43.3. The first-order valence-electron chi connectivity index (χ1n) is 22.2. The van der Waals surface area contributed by atoms with E-state index in [1.807, 2.05) is 91.0 Å². The van der Waals surface area contributed by atoms with Gasteiger partial charge < -0.3 is 9.13 Å². The molecule has 63 heavy (non-hydrogen) atoms. The van der Waals surface area contributed by atoms with E-state index in [0.717, 1.165) is 82.7 Å². The summed E-state index contributed by atoms with van der Waals surface area (Å²) in [7, 11) is -7.95. The first-order valence-corrected chi connectivity index (χ1v) is 27.1. The van der Waals surface area contributed by atoms with Crippen molar-refractivity contribution in [2.75, 3.05) is 0 Å². The minimum Gasteiger partial charge on any atom is -0.309 e. The average molecular weight is 874 g/mol. The quantitative estimate of drug-likeness (QED) is 0.107. The summed E-state index contributed by atoms with van der Waals surface area (Å²) in [6.45, 7) is 8.90. The van der Waals surface area contributed by atoms with Crippen LogP contribution in [0.25, 0.3) is 32.3 Å². The van der Waals surface area contributed by atoms with Crippen LogP contribution in [0.1, 0.15) is 36.5 Å². The Balaban J connectivity index is 1.33. The molecule has 0 spiro atoms. The van der Waals surface area contributed by atoms with Crippen molar-refractivity contribution in [2.24, 2.45) is 5.92 Å². The summed E-state index contributed by atoms with van der Waals surface area (Å²) in [5, 5.41) is 14.6. The average Bonchev–Trinajstić information content (AvgIpc) is 3.33. The molecule has 10 rings (SSSR count). The maximum atomic E-state index is 16.2. The topological polar surface area (TPSA) is 34.1 Å². The van der Waals surface area contributed by atoms with Gasteiger partial charge in [0.2, 0.25) is 0 Å². The Morgan fingerprint density at radius 3 is 1.44 bits per heavy atom. The maximum Gasteiger partial charge on any atom is 0.171 e. The van der Waals surface area contributed by atoms with E-state index >= 15 is 9.13 Å². The third-order valence-corrected chi connectivity index (χ3v) is 23.3. The van der Waals surface area contributed by atoms with Crippen LogP contribution in [0.15, 0.2) is 206 Å². The van der Waals surface area contributed by atoms with Gasteiger partial charge in [-0.3, -0.25) is 0 Å². The van der Waals surface area contributed by atoms with E-state index in [4.69, 9.17) is 0 Å². The van der Waals surface area contributed by atoms with Crippen molar-refractivity contribution >= 4 is 91.7 Å². The van der Waals surface area contributed by atoms with E-state index in [1.54, 1.807) is 0 Å². The molecule has 0 saturated carbocycles. The number of benzene rings is 8. The van der Waals surface area contributed by atoms with Crippen LogP contribution in [0.3, 0.4) is 0 Å². The van der Waals surface area contributed by atoms with Gasteiger partial charge in [-0.1, -0.05) is 165 Å². The summed E-state index contributed by atoms with van der Waals surface area (Å²) >= 11 is 0. The number of rotatable bonds is 9. The first kappa shape index (κ1) is 41.4. The summed E-state index contributed by atoms with van der Waals surface area (Å²) < 4.78 is 32.3. The van der Waals surface area contributed by atoms with E-state index < -0.39 is 22.2 Å². The maximum absolute atomic E-state index is 16.2. The van der Waals surface area contributed by atoms with Gasteiger partial charge >= 0.3 is 0 Å². The van der Waals surface area contributed by atoms with Gasteiger partial charge in [-0.15, -0.1) is 0 Å². The molecule has 2 aliphatic carbocycles. The second-order valence-electron chi connectivity index (χ2n) is 17.3. The minimum absolute atomic E-state index is 0.365. The van der Waals surface area contributed by atoms with Crippen LogP contribution in [0.5, 0.6) is 0 Å². The lowest BCUT2D eigenvalue weighted by atomic mass is 9.91. The highest BCUT2D eigenvalue weighted by Gasteiger charge is 2.38. The highest BCUT2D eigenvalue weighted by molar-refractivity contribution is 7.85. The fourth-order valence-corrected chi connectivity index (χ4v) is 19.5. The van der Waals surface area contributed by atoms with Crippen LogP contribution in [0, 0.1) is 26.7 Å². The van der Waals surface area contributed by atoms with Gasteiger partial charge in [0.15, 0.2) is 14.3 Å². The number of aryl methyl sites for hydroxylation is 3. The van der Waals surface area contributed by atoms with E-state index in [2.05, 4.69) is 137 Å². The summed E-state index contributed by atoms with van der Waals surface area (Å²) in [4.78, 5) is 0. The molecule has 4 atom stereocenters. The SMILES string of the molecule is Cc1cc2c(cc1[PH+](c1ccccc1)C1C=CC=CC1C)c1cc(C)c(P(=O)(C3=CCCC=C3)c3ccccc3)cc1c1cc(C)c(P(=O)(c3ccccc3)c3ccccc3)cc21. The zero-order valence-electron chi connectivity index (χ0n) is 36.3. The molecule has 310 valence electrons. The highest BCUT2D eigenvalue weighted by Crippen LogP contribution is 2.55. The second-order valence-corrected chi connectivity index (χ2v) is 25.4. The molecule has 2 aliphatic rings. The molecule has 0 bridgehead atoms. The molecular weight excluding hydrogens is 822 g/mol. The van der Waals surface area contributed by atoms with Crippen molar-refractivity contribution in [3.63, 3.8) is 0 Å². The third-order valence-electron chi connectivity index (χ3n) is 13.4. The van der Waals surface area contributed by atoms with Crippen molar-refractivity contribution in [3.8, 4) is 0 Å². The molecule has 0 aromatic heterocycles. The number of fused-ring (bicyclic) bond motifs is 6. The fraction of sp³-hybridized carbons (Fsp3) is 0.138. The third kappa shape index (κ3) is 7.09. The molecule has 4 unspecified atom stereocenters. The van der Waals surface area contributed by atoms with Gasteiger partial charge in [-0.2, -0.15) is 0 Å². The Bertz CT molecular complexity index is 3230. The van der Waals surface area contributed by atoms with Gasteiger partial charge in [0, 0.05) is 37.8 Å². The van der Waals surface area contributed by atoms with Gasteiger partial charge in [0.1, 0.15) is 11.0 Å². The lowest BCUT2D eigenvalue weighted by molar-refractivity contribution is 0.590. The Kier molecular flexibility index (Phi) is 11.1. The molecule has 0 aliphatic heterocycles. The highest BCUT2D eigenvalue weighted by atomic mass is 31.2. The molecule has 8 aromatic carbocycles. The molecular formula is C58H52O2P3+. The second kappa shape index (κ2) is 16.8. The predicted molar refractivity (Wildman–Crippen MR) is 278 cm³/mol.